The lowest BCUT2D eigenvalue weighted by Gasteiger charge is -2.34. The van der Waals surface area contributed by atoms with Gasteiger partial charge in [0, 0.05) is 50.1 Å². The molecular weight excluding hydrogens is 388 g/mol. The van der Waals surface area contributed by atoms with E-state index in [2.05, 4.69) is 39.7 Å². The van der Waals surface area contributed by atoms with E-state index in [4.69, 9.17) is 21.3 Å². The minimum Gasteiger partial charge on any atom is -0.379 e. The molecule has 1 aliphatic heterocycles. The van der Waals surface area contributed by atoms with E-state index in [1.54, 1.807) is 0 Å². The molecule has 1 aliphatic rings. The van der Waals surface area contributed by atoms with Crippen molar-refractivity contribution < 1.29 is 4.74 Å². The highest BCUT2D eigenvalue weighted by Crippen LogP contribution is 2.24. The van der Waals surface area contributed by atoms with Gasteiger partial charge in [0.25, 0.3) is 0 Å². The minimum absolute atomic E-state index is 0.204. The van der Waals surface area contributed by atoms with Crippen LogP contribution in [0.3, 0.4) is 0 Å². The van der Waals surface area contributed by atoms with E-state index < -0.39 is 0 Å². The van der Waals surface area contributed by atoms with Crippen LogP contribution in [0.25, 0.3) is 0 Å². The Labute approximate surface area is 178 Å². The Kier molecular flexibility index (Phi) is 8.80. The van der Waals surface area contributed by atoms with E-state index in [0.29, 0.717) is 6.54 Å². The Morgan fingerprint density at radius 3 is 2.72 bits per heavy atom. The standard InChI is InChI=1S/C21H31ClN6O/c1-2-23-21(24-9-3-11-28-12-4-10-26-28)25-17-20(27-13-15-29-16-14-27)18-5-7-19(22)8-6-18/h4-8,10,12,20H,2-3,9,11,13-17H2,1H3,(H2,23,24,25). The molecule has 8 heteroatoms. The molecule has 2 heterocycles. The molecule has 1 saturated heterocycles. The van der Waals surface area contributed by atoms with Crippen LogP contribution in [0.1, 0.15) is 24.9 Å². The third kappa shape index (κ3) is 7.03. The van der Waals surface area contributed by atoms with Gasteiger partial charge in [-0.05, 0) is 37.1 Å². The molecule has 0 aliphatic carbocycles. The third-order valence-electron chi connectivity index (χ3n) is 4.92. The van der Waals surface area contributed by atoms with Gasteiger partial charge in [-0.2, -0.15) is 5.10 Å². The largest absolute Gasteiger partial charge is 0.379 e. The third-order valence-corrected chi connectivity index (χ3v) is 5.18. The summed E-state index contributed by atoms with van der Waals surface area (Å²) in [6, 6.07) is 10.3. The van der Waals surface area contributed by atoms with Crippen LogP contribution in [-0.4, -0.2) is 66.6 Å². The van der Waals surface area contributed by atoms with Gasteiger partial charge < -0.3 is 15.4 Å². The summed E-state index contributed by atoms with van der Waals surface area (Å²) < 4.78 is 7.48. The maximum absolute atomic E-state index is 6.09. The van der Waals surface area contributed by atoms with Crippen LogP contribution in [0.2, 0.25) is 5.02 Å². The molecule has 3 rings (SSSR count). The molecular formula is C21H31ClN6O. The number of halogens is 1. The quantitative estimate of drug-likeness (QED) is 0.372. The highest BCUT2D eigenvalue weighted by Gasteiger charge is 2.22. The Hall–Kier alpha value is -2.09. The van der Waals surface area contributed by atoms with Crippen LogP contribution < -0.4 is 10.6 Å². The molecule has 0 bridgehead atoms. The Balaban J connectivity index is 1.61. The van der Waals surface area contributed by atoms with Gasteiger partial charge in [-0.1, -0.05) is 23.7 Å². The summed E-state index contributed by atoms with van der Waals surface area (Å²) in [5.41, 5.74) is 1.23. The summed E-state index contributed by atoms with van der Waals surface area (Å²) in [7, 11) is 0. The number of nitrogens with one attached hydrogen (secondary N) is 2. The molecule has 2 N–H and O–H groups in total. The molecule has 0 spiro atoms. The summed E-state index contributed by atoms with van der Waals surface area (Å²) in [4.78, 5) is 7.32. The van der Waals surface area contributed by atoms with Crippen molar-refractivity contribution in [3.63, 3.8) is 0 Å². The molecule has 1 aromatic carbocycles. The molecule has 1 aromatic heterocycles. The van der Waals surface area contributed by atoms with E-state index in [0.717, 1.165) is 63.3 Å². The first-order chi connectivity index (χ1) is 14.3. The fraction of sp³-hybridized carbons (Fsp3) is 0.524. The first-order valence-electron chi connectivity index (χ1n) is 10.3. The van der Waals surface area contributed by atoms with Gasteiger partial charge in [-0.15, -0.1) is 0 Å². The molecule has 0 saturated carbocycles. The summed E-state index contributed by atoms with van der Waals surface area (Å²) in [6.45, 7) is 8.67. The zero-order valence-electron chi connectivity index (χ0n) is 17.1. The number of aryl methyl sites for hydroxylation is 1. The van der Waals surface area contributed by atoms with Crippen LogP contribution in [0.5, 0.6) is 0 Å². The highest BCUT2D eigenvalue weighted by atomic mass is 35.5. The van der Waals surface area contributed by atoms with Crippen LogP contribution in [0.4, 0.5) is 0 Å². The zero-order valence-corrected chi connectivity index (χ0v) is 17.8. The number of hydrogen-bond acceptors (Lipinski definition) is 4. The van der Waals surface area contributed by atoms with Gasteiger partial charge >= 0.3 is 0 Å². The Bertz CT molecular complexity index is 728. The van der Waals surface area contributed by atoms with E-state index in [9.17, 15) is 0 Å². The number of guanidine groups is 1. The predicted molar refractivity (Wildman–Crippen MR) is 117 cm³/mol. The van der Waals surface area contributed by atoms with Crippen molar-refractivity contribution in [2.75, 3.05) is 45.9 Å². The first-order valence-corrected chi connectivity index (χ1v) is 10.7. The van der Waals surface area contributed by atoms with E-state index in [-0.39, 0.29) is 6.04 Å². The zero-order chi connectivity index (χ0) is 20.3. The molecule has 0 amide bonds. The number of nitrogens with zero attached hydrogens (tertiary/aromatic N) is 4. The van der Waals surface area contributed by atoms with Crippen molar-refractivity contribution in [1.29, 1.82) is 0 Å². The molecule has 2 aromatic rings. The molecule has 29 heavy (non-hydrogen) atoms. The van der Waals surface area contributed by atoms with Gasteiger partial charge in [0.1, 0.15) is 0 Å². The summed E-state index contributed by atoms with van der Waals surface area (Å²) >= 11 is 6.09. The number of ether oxygens (including phenoxy) is 1. The first kappa shape index (κ1) is 21.6. The number of morpholine rings is 1. The van der Waals surface area contributed by atoms with Crippen LogP contribution in [-0.2, 0) is 11.3 Å². The topological polar surface area (TPSA) is 66.7 Å². The van der Waals surface area contributed by atoms with Gasteiger partial charge in [-0.25, -0.2) is 0 Å². The molecule has 1 fully saturated rings. The molecule has 7 nitrogen and oxygen atoms in total. The lowest BCUT2D eigenvalue weighted by molar-refractivity contribution is 0.0179. The second-order valence-corrected chi connectivity index (χ2v) is 7.42. The fourth-order valence-corrected chi connectivity index (χ4v) is 3.53. The van der Waals surface area contributed by atoms with Crippen molar-refractivity contribution in [2.24, 2.45) is 4.99 Å². The maximum Gasteiger partial charge on any atom is 0.191 e. The van der Waals surface area contributed by atoms with Crippen molar-refractivity contribution in [2.45, 2.75) is 25.9 Å². The molecule has 0 radical (unpaired) electrons. The summed E-state index contributed by atoms with van der Waals surface area (Å²) in [5, 5.41) is 11.8. The van der Waals surface area contributed by atoms with Gasteiger partial charge in [0.2, 0.25) is 0 Å². The van der Waals surface area contributed by atoms with Crippen molar-refractivity contribution in [3.8, 4) is 0 Å². The minimum atomic E-state index is 0.204. The molecule has 1 atom stereocenters. The Morgan fingerprint density at radius 1 is 1.24 bits per heavy atom. The highest BCUT2D eigenvalue weighted by molar-refractivity contribution is 6.30. The van der Waals surface area contributed by atoms with E-state index in [1.165, 1.54) is 5.56 Å². The smallest absolute Gasteiger partial charge is 0.191 e. The summed E-state index contributed by atoms with van der Waals surface area (Å²) in [6.07, 6.45) is 4.77. The van der Waals surface area contributed by atoms with Crippen molar-refractivity contribution in [1.82, 2.24) is 25.3 Å². The maximum atomic E-state index is 6.09. The number of rotatable bonds is 9. The summed E-state index contributed by atoms with van der Waals surface area (Å²) in [5.74, 6) is 0.847. The number of hydrogen-bond donors (Lipinski definition) is 2. The van der Waals surface area contributed by atoms with Crippen LogP contribution >= 0.6 is 11.6 Å². The average Bonchev–Trinajstić information content (AvgIpc) is 3.27. The van der Waals surface area contributed by atoms with Crippen molar-refractivity contribution in [3.05, 3.63) is 53.3 Å². The fourth-order valence-electron chi connectivity index (χ4n) is 3.41. The van der Waals surface area contributed by atoms with Crippen molar-refractivity contribution >= 4 is 17.6 Å². The van der Waals surface area contributed by atoms with Gasteiger partial charge in [0.05, 0.1) is 25.8 Å². The van der Waals surface area contributed by atoms with E-state index in [1.807, 2.05) is 35.3 Å². The second kappa shape index (κ2) is 11.8. The molecule has 1 unspecified atom stereocenters. The van der Waals surface area contributed by atoms with Crippen LogP contribution in [0, 0.1) is 0 Å². The number of benzene rings is 1. The van der Waals surface area contributed by atoms with Gasteiger partial charge in [0.15, 0.2) is 5.96 Å². The Morgan fingerprint density at radius 2 is 2.03 bits per heavy atom. The SMILES string of the molecule is CCNC(=NCC(c1ccc(Cl)cc1)N1CCOCC1)NCCCn1cccn1. The lowest BCUT2D eigenvalue weighted by atomic mass is 10.0. The molecule has 158 valence electrons. The number of aromatic nitrogens is 2. The lowest BCUT2D eigenvalue weighted by Crippen LogP contribution is -2.42. The van der Waals surface area contributed by atoms with Crippen LogP contribution in [0.15, 0.2) is 47.7 Å². The average molecular weight is 419 g/mol. The monoisotopic (exact) mass is 418 g/mol. The van der Waals surface area contributed by atoms with E-state index >= 15 is 0 Å². The van der Waals surface area contributed by atoms with Gasteiger partial charge in [-0.3, -0.25) is 14.6 Å². The predicted octanol–water partition coefficient (Wildman–Crippen LogP) is 2.56. The number of aliphatic imine (C=N–C) groups is 1. The normalized spacial score (nSPS) is 16.6. The second-order valence-electron chi connectivity index (χ2n) is 6.98.